The summed E-state index contributed by atoms with van der Waals surface area (Å²) in [5.74, 6) is 0. The summed E-state index contributed by atoms with van der Waals surface area (Å²) in [5.41, 5.74) is 0.878. The number of aldehydes is 1. The standard InChI is InChI=1S/C8H12N4O2/c1-6-3-12(11-10-6)4-7-2-9-8(5-13)14-7/h3,5,7-9H,2,4H2,1H3. The number of nitrogens with zero attached hydrogens (tertiary/aromatic N) is 3. The van der Waals surface area contributed by atoms with Gasteiger partial charge in [0.25, 0.3) is 0 Å². The van der Waals surface area contributed by atoms with Crippen molar-refractivity contribution < 1.29 is 9.53 Å². The Labute approximate surface area is 81.2 Å². The highest BCUT2D eigenvalue weighted by atomic mass is 16.5. The molecule has 14 heavy (non-hydrogen) atoms. The molecule has 0 radical (unpaired) electrons. The minimum absolute atomic E-state index is 0.00806. The first kappa shape index (κ1) is 9.29. The Morgan fingerprint density at radius 1 is 1.86 bits per heavy atom. The highest BCUT2D eigenvalue weighted by Crippen LogP contribution is 2.05. The average molecular weight is 196 g/mol. The average Bonchev–Trinajstić information content (AvgIpc) is 2.76. The van der Waals surface area contributed by atoms with Gasteiger partial charge in [-0.05, 0) is 6.92 Å². The molecule has 1 saturated heterocycles. The van der Waals surface area contributed by atoms with E-state index < -0.39 is 6.23 Å². The van der Waals surface area contributed by atoms with Crippen molar-refractivity contribution in [1.29, 1.82) is 0 Å². The molecular weight excluding hydrogens is 184 g/mol. The van der Waals surface area contributed by atoms with Gasteiger partial charge in [-0.15, -0.1) is 5.10 Å². The van der Waals surface area contributed by atoms with Gasteiger partial charge in [-0.2, -0.15) is 0 Å². The molecule has 1 aromatic heterocycles. The van der Waals surface area contributed by atoms with Gasteiger partial charge < -0.3 is 4.74 Å². The zero-order valence-electron chi connectivity index (χ0n) is 7.88. The molecule has 2 unspecified atom stereocenters. The number of rotatable bonds is 3. The SMILES string of the molecule is Cc1cn(CC2CNC(C=O)O2)nn1. The van der Waals surface area contributed by atoms with Crippen LogP contribution < -0.4 is 5.32 Å². The third-order valence-electron chi connectivity index (χ3n) is 2.05. The molecule has 0 saturated carbocycles. The van der Waals surface area contributed by atoms with Gasteiger partial charge >= 0.3 is 0 Å². The van der Waals surface area contributed by atoms with E-state index in [1.165, 1.54) is 0 Å². The summed E-state index contributed by atoms with van der Waals surface area (Å²) in [5, 5.41) is 10.7. The smallest absolute Gasteiger partial charge is 0.165 e. The van der Waals surface area contributed by atoms with Gasteiger partial charge in [0.1, 0.15) is 0 Å². The second kappa shape index (κ2) is 3.85. The van der Waals surface area contributed by atoms with Crippen LogP contribution in [0.3, 0.4) is 0 Å². The molecule has 0 amide bonds. The molecule has 1 aliphatic heterocycles. The van der Waals surface area contributed by atoms with Gasteiger partial charge in [-0.3, -0.25) is 10.1 Å². The minimum Gasteiger partial charge on any atom is -0.350 e. The highest BCUT2D eigenvalue weighted by Gasteiger charge is 2.24. The Bertz CT molecular complexity index is 325. The quantitative estimate of drug-likeness (QED) is 0.634. The van der Waals surface area contributed by atoms with Crippen molar-refractivity contribution in [3.63, 3.8) is 0 Å². The van der Waals surface area contributed by atoms with Crippen molar-refractivity contribution in [3.8, 4) is 0 Å². The van der Waals surface area contributed by atoms with Crippen molar-refractivity contribution >= 4 is 6.29 Å². The summed E-state index contributed by atoms with van der Waals surface area (Å²) >= 11 is 0. The molecule has 2 rings (SSSR count). The maximum Gasteiger partial charge on any atom is 0.165 e. The van der Waals surface area contributed by atoms with E-state index in [0.717, 1.165) is 12.0 Å². The molecule has 1 aromatic rings. The predicted octanol–water partition coefficient (Wildman–Crippen LogP) is -0.900. The van der Waals surface area contributed by atoms with Gasteiger partial charge in [0.05, 0.1) is 18.3 Å². The van der Waals surface area contributed by atoms with E-state index >= 15 is 0 Å². The summed E-state index contributed by atoms with van der Waals surface area (Å²) in [4.78, 5) is 10.4. The molecule has 0 aliphatic carbocycles. The van der Waals surface area contributed by atoms with Crippen LogP contribution in [0.15, 0.2) is 6.20 Å². The number of aryl methyl sites for hydroxylation is 1. The van der Waals surface area contributed by atoms with Crippen LogP contribution in [0.2, 0.25) is 0 Å². The molecule has 0 bridgehead atoms. The van der Waals surface area contributed by atoms with E-state index in [1.54, 1.807) is 4.68 Å². The van der Waals surface area contributed by atoms with Gasteiger partial charge in [0.15, 0.2) is 12.5 Å². The lowest BCUT2D eigenvalue weighted by molar-refractivity contribution is -0.118. The number of hydrogen-bond acceptors (Lipinski definition) is 5. The minimum atomic E-state index is -0.468. The zero-order chi connectivity index (χ0) is 9.97. The molecule has 76 valence electrons. The number of ether oxygens (including phenoxy) is 1. The van der Waals surface area contributed by atoms with Gasteiger partial charge in [-0.25, -0.2) is 4.68 Å². The molecule has 2 atom stereocenters. The lowest BCUT2D eigenvalue weighted by Crippen LogP contribution is -2.23. The summed E-state index contributed by atoms with van der Waals surface area (Å²) < 4.78 is 7.07. The summed E-state index contributed by atoms with van der Waals surface area (Å²) in [6.45, 7) is 3.17. The highest BCUT2D eigenvalue weighted by molar-refractivity contribution is 5.55. The molecule has 1 aliphatic rings. The molecule has 0 spiro atoms. The Balaban J connectivity index is 1.90. The van der Waals surface area contributed by atoms with Crippen molar-refractivity contribution in [2.45, 2.75) is 25.8 Å². The van der Waals surface area contributed by atoms with Gasteiger partial charge in [0.2, 0.25) is 0 Å². The molecule has 1 fully saturated rings. The first-order valence-corrected chi connectivity index (χ1v) is 4.49. The van der Waals surface area contributed by atoms with Crippen LogP contribution in [0.25, 0.3) is 0 Å². The second-order valence-electron chi connectivity index (χ2n) is 3.30. The first-order valence-electron chi connectivity index (χ1n) is 4.49. The fraction of sp³-hybridized carbons (Fsp3) is 0.625. The number of aromatic nitrogens is 3. The molecule has 6 heteroatoms. The van der Waals surface area contributed by atoms with Crippen molar-refractivity contribution in [3.05, 3.63) is 11.9 Å². The lowest BCUT2D eigenvalue weighted by Gasteiger charge is -2.07. The third-order valence-corrected chi connectivity index (χ3v) is 2.05. The van der Waals surface area contributed by atoms with Crippen LogP contribution in [0.4, 0.5) is 0 Å². The number of carbonyl (C=O) groups is 1. The Morgan fingerprint density at radius 2 is 2.71 bits per heavy atom. The van der Waals surface area contributed by atoms with Crippen LogP contribution in [0, 0.1) is 6.92 Å². The first-order chi connectivity index (χ1) is 6.78. The molecule has 0 aromatic carbocycles. The molecule has 2 heterocycles. The maximum absolute atomic E-state index is 10.4. The monoisotopic (exact) mass is 196 g/mol. The topological polar surface area (TPSA) is 69.0 Å². The summed E-state index contributed by atoms with van der Waals surface area (Å²) in [6.07, 6.45) is 2.13. The van der Waals surface area contributed by atoms with E-state index in [0.29, 0.717) is 13.1 Å². The largest absolute Gasteiger partial charge is 0.350 e. The van der Waals surface area contributed by atoms with Crippen molar-refractivity contribution in [2.24, 2.45) is 0 Å². The van der Waals surface area contributed by atoms with Crippen molar-refractivity contribution in [2.75, 3.05) is 6.54 Å². The van der Waals surface area contributed by atoms with Gasteiger partial charge in [-0.1, -0.05) is 5.21 Å². The zero-order valence-corrected chi connectivity index (χ0v) is 7.88. The molecule has 6 nitrogen and oxygen atoms in total. The summed E-state index contributed by atoms with van der Waals surface area (Å²) in [6, 6.07) is 0. The van der Waals surface area contributed by atoms with Crippen LogP contribution in [0.5, 0.6) is 0 Å². The van der Waals surface area contributed by atoms with E-state index in [2.05, 4.69) is 15.6 Å². The van der Waals surface area contributed by atoms with Crippen LogP contribution >= 0.6 is 0 Å². The second-order valence-corrected chi connectivity index (χ2v) is 3.30. The fourth-order valence-corrected chi connectivity index (χ4v) is 1.43. The van der Waals surface area contributed by atoms with E-state index in [-0.39, 0.29) is 6.10 Å². The summed E-state index contributed by atoms with van der Waals surface area (Å²) in [7, 11) is 0. The van der Waals surface area contributed by atoms with Gasteiger partial charge in [0, 0.05) is 12.7 Å². The third kappa shape index (κ3) is 1.97. The Kier molecular flexibility index (Phi) is 2.55. The van der Waals surface area contributed by atoms with E-state index in [9.17, 15) is 4.79 Å². The Morgan fingerprint density at radius 3 is 3.29 bits per heavy atom. The van der Waals surface area contributed by atoms with Crippen LogP contribution in [-0.4, -0.2) is 40.2 Å². The lowest BCUT2D eigenvalue weighted by atomic mass is 10.3. The molecule has 1 N–H and O–H groups in total. The van der Waals surface area contributed by atoms with E-state index in [1.807, 2.05) is 13.1 Å². The Hall–Kier alpha value is -1.27. The number of nitrogens with one attached hydrogen (secondary N) is 1. The van der Waals surface area contributed by atoms with Crippen LogP contribution in [-0.2, 0) is 16.1 Å². The van der Waals surface area contributed by atoms with Crippen molar-refractivity contribution in [1.82, 2.24) is 20.3 Å². The fourth-order valence-electron chi connectivity index (χ4n) is 1.43. The molecular formula is C8H12N4O2. The van der Waals surface area contributed by atoms with E-state index in [4.69, 9.17) is 4.74 Å². The number of hydrogen-bond donors (Lipinski definition) is 1. The normalized spacial score (nSPS) is 26.6. The predicted molar refractivity (Wildman–Crippen MR) is 47.5 cm³/mol. The maximum atomic E-state index is 10.4. The number of carbonyl (C=O) groups excluding carboxylic acids is 1. The van der Waals surface area contributed by atoms with Crippen LogP contribution in [0.1, 0.15) is 5.69 Å².